The number of nitrogens with zero attached hydrogens (tertiary/aromatic N) is 3. The van der Waals surface area contributed by atoms with Gasteiger partial charge in [0.05, 0.1) is 0 Å². The van der Waals surface area contributed by atoms with Crippen LogP contribution in [-0.2, 0) is 0 Å². The van der Waals surface area contributed by atoms with Crippen LogP contribution in [0.15, 0.2) is 168 Å². The van der Waals surface area contributed by atoms with Crippen LogP contribution in [0.4, 0.5) is 0 Å². The molecule has 1 aliphatic rings. The van der Waals surface area contributed by atoms with Crippen LogP contribution in [0.3, 0.4) is 0 Å². The van der Waals surface area contributed by atoms with Gasteiger partial charge in [-0.25, -0.2) is 15.0 Å². The molecule has 0 spiro atoms. The Balaban J connectivity index is 1.12. The summed E-state index contributed by atoms with van der Waals surface area (Å²) in [6, 6.07) is 55.3. The van der Waals surface area contributed by atoms with Gasteiger partial charge in [-0.1, -0.05) is 153 Å². The third-order valence-electron chi connectivity index (χ3n) is 10.3. The van der Waals surface area contributed by atoms with Crippen LogP contribution >= 0.6 is 0 Å². The first-order valence-corrected chi connectivity index (χ1v) is 17.8. The van der Waals surface area contributed by atoms with Crippen molar-refractivity contribution in [2.45, 2.75) is 19.3 Å². The molecule has 246 valence electrons. The molecule has 0 saturated carbocycles. The van der Waals surface area contributed by atoms with E-state index in [1.165, 1.54) is 27.3 Å². The van der Waals surface area contributed by atoms with Gasteiger partial charge in [-0.3, -0.25) is 0 Å². The van der Waals surface area contributed by atoms with Crippen molar-refractivity contribution in [2.75, 3.05) is 0 Å². The van der Waals surface area contributed by atoms with Crippen molar-refractivity contribution in [2.24, 2.45) is 0 Å². The lowest BCUT2D eigenvalue weighted by molar-refractivity contribution is 0.503. The van der Waals surface area contributed by atoms with Crippen molar-refractivity contribution >= 4 is 38.1 Å². The number of fused-ring (bicyclic) bond motifs is 5. The molecule has 1 unspecified atom stereocenters. The highest BCUT2D eigenvalue weighted by Gasteiger charge is 2.29. The van der Waals surface area contributed by atoms with Crippen molar-refractivity contribution in [3.63, 3.8) is 0 Å². The van der Waals surface area contributed by atoms with Crippen molar-refractivity contribution in [1.82, 2.24) is 15.0 Å². The molecule has 2 heterocycles. The highest BCUT2D eigenvalue weighted by molar-refractivity contribution is 6.04. The summed E-state index contributed by atoms with van der Waals surface area (Å²) in [7, 11) is 0. The van der Waals surface area contributed by atoms with E-state index in [1.54, 1.807) is 0 Å². The second-order valence-corrected chi connectivity index (χ2v) is 13.7. The summed E-state index contributed by atoms with van der Waals surface area (Å²) in [6.45, 7) is 2.23. The van der Waals surface area contributed by atoms with E-state index < -0.39 is 0 Å². The molecule has 0 fully saturated rings. The first kappa shape index (κ1) is 30.2. The number of hydrogen-bond acceptors (Lipinski definition) is 4. The van der Waals surface area contributed by atoms with Crippen LogP contribution in [0.2, 0.25) is 0 Å². The molecule has 4 nitrogen and oxygen atoms in total. The summed E-state index contributed by atoms with van der Waals surface area (Å²) in [4.78, 5) is 15.4. The zero-order chi connectivity index (χ0) is 34.6. The van der Waals surface area contributed by atoms with Crippen LogP contribution in [0, 0.1) is 0 Å². The van der Waals surface area contributed by atoms with Gasteiger partial charge in [0.25, 0.3) is 0 Å². The number of furan rings is 1. The highest BCUT2D eigenvalue weighted by Crippen LogP contribution is 2.46. The number of allylic oxidation sites excluding steroid dienone is 1. The Hall–Kier alpha value is -6.65. The Morgan fingerprint density at radius 1 is 0.481 bits per heavy atom. The van der Waals surface area contributed by atoms with Crippen LogP contribution in [-0.4, -0.2) is 15.0 Å². The predicted molar refractivity (Wildman–Crippen MR) is 213 cm³/mol. The van der Waals surface area contributed by atoms with Crippen molar-refractivity contribution in [1.29, 1.82) is 0 Å². The Kier molecular flexibility index (Phi) is 7.14. The maximum absolute atomic E-state index is 6.86. The lowest BCUT2D eigenvalue weighted by Gasteiger charge is -2.18. The Bertz CT molecular complexity index is 2840. The van der Waals surface area contributed by atoms with E-state index in [0.29, 0.717) is 17.5 Å². The monoisotopic (exact) mass is 667 g/mol. The molecular weight excluding hydrogens is 635 g/mol. The maximum atomic E-state index is 6.86. The van der Waals surface area contributed by atoms with Crippen LogP contribution in [0.5, 0.6) is 0 Å². The van der Waals surface area contributed by atoms with E-state index in [1.807, 2.05) is 24.3 Å². The van der Waals surface area contributed by atoms with Gasteiger partial charge in [-0.05, 0) is 62.9 Å². The molecule has 1 atom stereocenters. The SMILES string of the molecule is CC1CC=C(c2nc(-c3ccccc3)nc(-c3ccc4cc(-c5ccccc5)ccc4c3)n2)c2c1oc1c(-c3ccc4ccccc4c3)cccc21. The van der Waals surface area contributed by atoms with Gasteiger partial charge in [-0.2, -0.15) is 0 Å². The van der Waals surface area contributed by atoms with Crippen molar-refractivity contribution in [3.05, 3.63) is 181 Å². The molecule has 0 N–H and O–H groups in total. The molecule has 10 rings (SSSR count). The van der Waals surface area contributed by atoms with Crippen molar-refractivity contribution in [3.8, 4) is 45.0 Å². The quantitative estimate of drug-likeness (QED) is 0.183. The number of benzene rings is 7. The Morgan fingerprint density at radius 3 is 1.85 bits per heavy atom. The molecule has 4 heteroatoms. The predicted octanol–water partition coefficient (Wildman–Crippen LogP) is 12.5. The van der Waals surface area contributed by atoms with Gasteiger partial charge < -0.3 is 4.42 Å². The number of para-hydroxylation sites is 1. The minimum atomic E-state index is 0.215. The maximum Gasteiger partial charge on any atom is 0.164 e. The molecule has 0 aliphatic heterocycles. The van der Waals surface area contributed by atoms with E-state index in [4.69, 9.17) is 19.4 Å². The third kappa shape index (κ3) is 5.19. The fourth-order valence-corrected chi connectivity index (χ4v) is 7.59. The molecule has 2 aromatic heterocycles. The number of hydrogen-bond donors (Lipinski definition) is 0. The fraction of sp³-hybridized carbons (Fsp3) is 0.0625. The number of rotatable bonds is 5. The van der Waals surface area contributed by atoms with Gasteiger partial charge in [0.2, 0.25) is 0 Å². The molecular formula is C48H33N3O. The largest absolute Gasteiger partial charge is 0.459 e. The van der Waals surface area contributed by atoms with Crippen LogP contribution in [0.25, 0.3) is 83.1 Å². The third-order valence-corrected chi connectivity index (χ3v) is 10.3. The summed E-state index contributed by atoms with van der Waals surface area (Å²) in [6.07, 6.45) is 3.11. The van der Waals surface area contributed by atoms with Crippen LogP contribution in [0.1, 0.15) is 36.4 Å². The molecule has 1 aliphatic carbocycles. The van der Waals surface area contributed by atoms with E-state index >= 15 is 0 Å². The summed E-state index contributed by atoms with van der Waals surface area (Å²) < 4.78 is 6.86. The molecule has 9 aromatic rings. The van der Waals surface area contributed by atoms with E-state index in [9.17, 15) is 0 Å². The lowest BCUT2D eigenvalue weighted by Crippen LogP contribution is -2.08. The average molecular weight is 668 g/mol. The van der Waals surface area contributed by atoms with Gasteiger partial charge in [0, 0.05) is 39.1 Å². The summed E-state index contributed by atoms with van der Waals surface area (Å²) in [5.74, 6) is 3.13. The van der Waals surface area contributed by atoms with Gasteiger partial charge in [-0.15, -0.1) is 0 Å². The highest BCUT2D eigenvalue weighted by atomic mass is 16.3. The van der Waals surface area contributed by atoms with E-state index in [-0.39, 0.29) is 5.92 Å². The summed E-state index contributed by atoms with van der Waals surface area (Å²) in [5, 5.41) is 5.80. The Labute approximate surface area is 301 Å². The zero-order valence-electron chi connectivity index (χ0n) is 28.6. The number of aromatic nitrogens is 3. The molecule has 0 radical (unpaired) electrons. The molecule has 52 heavy (non-hydrogen) atoms. The van der Waals surface area contributed by atoms with Crippen molar-refractivity contribution < 1.29 is 4.42 Å². The molecule has 0 saturated heterocycles. The van der Waals surface area contributed by atoms with E-state index in [2.05, 4.69) is 146 Å². The minimum Gasteiger partial charge on any atom is -0.459 e. The lowest BCUT2D eigenvalue weighted by atomic mass is 9.87. The normalized spacial score (nSPS) is 14.1. The summed E-state index contributed by atoms with van der Waals surface area (Å²) in [5.41, 5.74) is 9.45. The van der Waals surface area contributed by atoms with Gasteiger partial charge in [0.15, 0.2) is 17.5 Å². The summed E-state index contributed by atoms with van der Waals surface area (Å²) >= 11 is 0. The second-order valence-electron chi connectivity index (χ2n) is 13.7. The fourth-order valence-electron chi connectivity index (χ4n) is 7.59. The first-order chi connectivity index (χ1) is 25.7. The molecule has 0 bridgehead atoms. The molecule has 7 aromatic carbocycles. The van der Waals surface area contributed by atoms with Gasteiger partial charge in [0.1, 0.15) is 11.3 Å². The second kappa shape index (κ2) is 12.3. The van der Waals surface area contributed by atoms with Crippen LogP contribution < -0.4 is 0 Å². The van der Waals surface area contributed by atoms with Gasteiger partial charge >= 0.3 is 0 Å². The zero-order valence-corrected chi connectivity index (χ0v) is 28.6. The minimum absolute atomic E-state index is 0.215. The topological polar surface area (TPSA) is 51.8 Å². The smallest absolute Gasteiger partial charge is 0.164 e. The average Bonchev–Trinajstić information content (AvgIpc) is 3.62. The standard InChI is InChI=1S/C48H33N3O/c1-30-19-26-42(43-41-18-10-17-40(45(41)52-44(30)43)38-24-20-32-13-8-9-16-34(32)28-38)48-50-46(33-14-6-3-7-15-33)49-47(51-48)39-25-23-36-27-35(21-22-37(36)29-39)31-11-4-2-5-12-31/h2-18,20-30H,19H2,1H3. The first-order valence-electron chi connectivity index (χ1n) is 17.8. The Morgan fingerprint density at radius 2 is 1.06 bits per heavy atom. The molecule has 0 amide bonds. The van der Waals surface area contributed by atoms with E-state index in [0.717, 1.165) is 61.9 Å².